The molecule has 0 spiro atoms. The Morgan fingerprint density at radius 3 is 2.54 bits per heavy atom. The molecule has 1 amide bonds. The van der Waals surface area contributed by atoms with Crippen molar-refractivity contribution in [3.05, 3.63) is 0 Å². The van der Waals surface area contributed by atoms with Crippen molar-refractivity contribution in [3.63, 3.8) is 0 Å². The fourth-order valence-corrected chi connectivity index (χ4v) is 4.32. The van der Waals surface area contributed by atoms with Crippen LogP contribution in [0.2, 0.25) is 0 Å². The lowest BCUT2D eigenvalue weighted by atomic mass is 9.96. The van der Waals surface area contributed by atoms with E-state index in [9.17, 15) is 4.79 Å². The number of carbonyl (C=O) groups is 1. The predicted octanol–water partition coefficient (Wildman–Crippen LogP) is 1.91. The molecule has 3 N–H and O–H groups in total. The Labute approximate surface area is 159 Å². The number of hydrogen-bond donors (Lipinski definition) is 2. The zero-order valence-electron chi connectivity index (χ0n) is 17.0. The van der Waals surface area contributed by atoms with Gasteiger partial charge in [-0.3, -0.25) is 9.79 Å². The molecule has 0 aliphatic carbocycles. The quantitative estimate of drug-likeness (QED) is 0.391. The summed E-state index contributed by atoms with van der Waals surface area (Å²) in [5, 5.41) is 3.54. The lowest BCUT2D eigenvalue weighted by Gasteiger charge is -2.30. The molecular weight excluding hydrogens is 326 g/mol. The van der Waals surface area contributed by atoms with Gasteiger partial charge in [0.25, 0.3) is 0 Å². The van der Waals surface area contributed by atoms with Gasteiger partial charge >= 0.3 is 0 Å². The van der Waals surface area contributed by atoms with Gasteiger partial charge in [0.2, 0.25) is 5.91 Å². The minimum atomic E-state index is -0.127. The molecule has 2 aliphatic rings. The molecule has 2 rings (SSSR count). The minimum absolute atomic E-state index is 0.0937. The summed E-state index contributed by atoms with van der Waals surface area (Å²) in [6.07, 6.45) is 6.79. The summed E-state index contributed by atoms with van der Waals surface area (Å²) in [6.45, 7) is 11.0. The van der Waals surface area contributed by atoms with Crippen LogP contribution in [-0.2, 0) is 4.79 Å². The maximum absolute atomic E-state index is 11.2. The number of amides is 1. The van der Waals surface area contributed by atoms with Crippen LogP contribution in [0.4, 0.5) is 0 Å². The maximum atomic E-state index is 11.2. The van der Waals surface area contributed by atoms with Crippen molar-refractivity contribution in [3.8, 4) is 0 Å². The van der Waals surface area contributed by atoms with Crippen molar-refractivity contribution in [2.24, 2.45) is 28.5 Å². The number of likely N-dealkylation sites (tertiary alicyclic amines) is 2. The molecular formula is C20H39N5O. The van der Waals surface area contributed by atoms with Gasteiger partial charge in [0.1, 0.15) is 0 Å². The van der Waals surface area contributed by atoms with E-state index >= 15 is 0 Å². The van der Waals surface area contributed by atoms with Crippen LogP contribution in [0.5, 0.6) is 0 Å². The van der Waals surface area contributed by atoms with Crippen molar-refractivity contribution < 1.29 is 4.79 Å². The van der Waals surface area contributed by atoms with Gasteiger partial charge in [0, 0.05) is 32.6 Å². The van der Waals surface area contributed by atoms with E-state index in [-0.39, 0.29) is 11.8 Å². The first-order valence-electron chi connectivity index (χ1n) is 10.5. The number of nitrogens with one attached hydrogen (secondary N) is 1. The lowest BCUT2D eigenvalue weighted by Crippen LogP contribution is -2.41. The highest BCUT2D eigenvalue weighted by atomic mass is 16.1. The van der Waals surface area contributed by atoms with Gasteiger partial charge in [-0.05, 0) is 70.0 Å². The first kappa shape index (κ1) is 21.0. The van der Waals surface area contributed by atoms with Crippen LogP contribution in [0.1, 0.15) is 52.4 Å². The SMILES string of the molecule is CN=C(NCCCCN1CCC(C(N)=O)CC1)N1CCC(CC(C)C)C1. The summed E-state index contributed by atoms with van der Waals surface area (Å²) in [5.74, 6) is 2.63. The summed E-state index contributed by atoms with van der Waals surface area (Å²) >= 11 is 0. The Kier molecular flexibility index (Phi) is 8.69. The average molecular weight is 366 g/mol. The molecule has 1 atom stereocenters. The molecule has 0 aromatic rings. The number of aliphatic imine (C=N–C) groups is 1. The Hall–Kier alpha value is -1.30. The number of rotatable bonds is 8. The molecule has 0 bridgehead atoms. The predicted molar refractivity (Wildman–Crippen MR) is 108 cm³/mol. The highest BCUT2D eigenvalue weighted by Gasteiger charge is 2.25. The van der Waals surface area contributed by atoms with Gasteiger partial charge in [-0.15, -0.1) is 0 Å². The Morgan fingerprint density at radius 2 is 1.92 bits per heavy atom. The van der Waals surface area contributed by atoms with Crippen LogP contribution in [0.3, 0.4) is 0 Å². The fourth-order valence-electron chi connectivity index (χ4n) is 4.32. The second kappa shape index (κ2) is 10.8. The van der Waals surface area contributed by atoms with Crippen molar-refractivity contribution in [2.75, 3.05) is 46.3 Å². The summed E-state index contributed by atoms with van der Waals surface area (Å²) in [7, 11) is 1.89. The fraction of sp³-hybridized carbons (Fsp3) is 0.900. The molecule has 26 heavy (non-hydrogen) atoms. The van der Waals surface area contributed by atoms with Crippen molar-refractivity contribution in [1.82, 2.24) is 15.1 Å². The summed E-state index contributed by atoms with van der Waals surface area (Å²) < 4.78 is 0. The van der Waals surface area contributed by atoms with Gasteiger partial charge in [0.15, 0.2) is 5.96 Å². The van der Waals surface area contributed by atoms with E-state index in [1.165, 1.54) is 19.3 Å². The molecule has 2 heterocycles. The molecule has 6 heteroatoms. The largest absolute Gasteiger partial charge is 0.369 e. The van der Waals surface area contributed by atoms with E-state index in [0.717, 1.165) is 76.3 Å². The zero-order valence-corrected chi connectivity index (χ0v) is 17.0. The molecule has 0 aromatic carbocycles. The van der Waals surface area contributed by atoms with E-state index in [2.05, 4.69) is 34.0 Å². The van der Waals surface area contributed by atoms with Crippen LogP contribution in [-0.4, -0.2) is 68.0 Å². The highest BCUT2D eigenvalue weighted by Crippen LogP contribution is 2.23. The average Bonchev–Trinajstić information content (AvgIpc) is 3.06. The number of nitrogens with two attached hydrogens (primary N) is 1. The first-order valence-corrected chi connectivity index (χ1v) is 10.5. The Balaban J connectivity index is 1.57. The zero-order chi connectivity index (χ0) is 18.9. The molecule has 2 aliphatic heterocycles. The standard InChI is InChI=1S/C20H39N5O/c1-16(2)14-17-6-13-25(15-17)20(22-3)23-9-4-5-10-24-11-7-18(8-12-24)19(21)26/h16-18H,4-15H2,1-3H3,(H2,21,26)(H,22,23). The third kappa shape index (κ3) is 6.78. The number of nitrogens with zero attached hydrogens (tertiary/aromatic N) is 3. The molecule has 1 unspecified atom stereocenters. The van der Waals surface area contributed by atoms with E-state index in [1.807, 2.05) is 7.05 Å². The van der Waals surface area contributed by atoms with E-state index in [1.54, 1.807) is 0 Å². The Bertz CT molecular complexity index is 457. The van der Waals surface area contributed by atoms with Gasteiger partial charge in [-0.25, -0.2) is 0 Å². The summed E-state index contributed by atoms with van der Waals surface area (Å²) in [4.78, 5) is 20.6. The molecule has 0 aromatic heterocycles. The highest BCUT2D eigenvalue weighted by molar-refractivity contribution is 5.80. The maximum Gasteiger partial charge on any atom is 0.220 e. The molecule has 0 saturated carbocycles. The number of hydrogen-bond acceptors (Lipinski definition) is 3. The number of piperidine rings is 1. The van der Waals surface area contributed by atoms with Gasteiger partial charge in [0.05, 0.1) is 0 Å². The molecule has 2 fully saturated rings. The van der Waals surface area contributed by atoms with Gasteiger partial charge < -0.3 is 20.9 Å². The number of guanidine groups is 1. The van der Waals surface area contributed by atoms with Crippen LogP contribution < -0.4 is 11.1 Å². The number of primary amides is 1. The van der Waals surface area contributed by atoms with Crippen LogP contribution in [0, 0.1) is 17.8 Å². The third-order valence-corrected chi connectivity index (χ3v) is 5.78. The van der Waals surface area contributed by atoms with Crippen molar-refractivity contribution in [2.45, 2.75) is 52.4 Å². The van der Waals surface area contributed by atoms with E-state index in [0.29, 0.717) is 0 Å². The smallest absolute Gasteiger partial charge is 0.220 e. The van der Waals surface area contributed by atoms with E-state index in [4.69, 9.17) is 5.73 Å². The van der Waals surface area contributed by atoms with Crippen LogP contribution in [0.25, 0.3) is 0 Å². The molecule has 150 valence electrons. The van der Waals surface area contributed by atoms with Gasteiger partial charge in [-0.2, -0.15) is 0 Å². The second-order valence-electron chi connectivity index (χ2n) is 8.43. The topological polar surface area (TPSA) is 74.0 Å². The number of carbonyl (C=O) groups excluding carboxylic acids is 1. The molecule has 6 nitrogen and oxygen atoms in total. The molecule has 0 radical (unpaired) electrons. The minimum Gasteiger partial charge on any atom is -0.369 e. The van der Waals surface area contributed by atoms with Crippen LogP contribution in [0.15, 0.2) is 4.99 Å². The second-order valence-corrected chi connectivity index (χ2v) is 8.43. The summed E-state index contributed by atoms with van der Waals surface area (Å²) in [6, 6.07) is 0. The van der Waals surface area contributed by atoms with Gasteiger partial charge in [-0.1, -0.05) is 13.8 Å². The molecule has 2 saturated heterocycles. The lowest BCUT2D eigenvalue weighted by molar-refractivity contribution is -0.123. The first-order chi connectivity index (χ1) is 12.5. The normalized spacial score (nSPS) is 23.0. The number of unbranched alkanes of at least 4 members (excludes halogenated alkanes) is 1. The monoisotopic (exact) mass is 365 g/mol. The Morgan fingerprint density at radius 1 is 1.19 bits per heavy atom. The summed E-state index contributed by atoms with van der Waals surface area (Å²) in [5.41, 5.74) is 5.40. The van der Waals surface area contributed by atoms with Crippen molar-refractivity contribution in [1.29, 1.82) is 0 Å². The van der Waals surface area contributed by atoms with Crippen molar-refractivity contribution >= 4 is 11.9 Å². The van der Waals surface area contributed by atoms with Crippen LogP contribution >= 0.6 is 0 Å². The van der Waals surface area contributed by atoms with E-state index < -0.39 is 0 Å². The third-order valence-electron chi connectivity index (χ3n) is 5.78.